The molecule has 7 rings (SSSR count). The van der Waals surface area contributed by atoms with Crippen LogP contribution < -0.4 is 10.4 Å². The largest absolute Gasteiger partial charge is 0.507 e. The van der Waals surface area contributed by atoms with Crippen LogP contribution in [0.2, 0.25) is 11.4 Å². The lowest BCUT2D eigenvalue weighted by atomic mass is 9.54. The summed E-state index contributed by atoms with van der Waals surface area (Å²) in [4.78, 5) is 28.9. The zero-order valence-corrected chi connectivity index (χ0v) is 34.7. The summed E-state index contributed by atoms with van der Waals surface area (Å²) in [6, 6.07) is 32.4. The van der Waals surface area contributed by atoms with E-state index < -0.39 is 33.4 Å². The number of phenols is 1. The van der Waals surface area contributed by atoms with Crippen molar-refractivity contribution in [2.75, 3.05) is 6.61 Å². The number of rotatable bonds is 11. The number of phenolic OH excluding ortho intramolecular Hbond substituents is 1. The predicted molar refractivity (Wildman–Crippen MR) is 228 cm³/mol. The van der Waals surface area contributed by atoms with Crippen LogP contribution in [0.5, 0.6) is 5.75 Å². The molecule has 3 aliphatic rings. The number of Topliss-reactive ketones (excluding diaryl/α,β-unsaturated/α-hetero) is 2. The van der Waals surface area contributed by atoms with Crippen LogP contribution >= 0.6 is 0 Å². The molecule has 2 aliphatic carbocycles. The standard InChI is InChI=1S/C48H55BO6Si/c1-7-16-33(27-34-25-31(2)45(50)32(3)26-34)23-24-42-43-35(30-54-56(48(4,5)6,36-17-10-8-11-18-36)37-19-12-9-13-20-37)28-40-44(41(43)29-49(53)55-42)47(52)39-22-15-14-21-38(39)46(40)51/h8-15,17-22,25-27,40-42,44,50,53H,7,16,23-24,28-30H2,1-6H3/b33-27+/t40-,41+,42-,44-/m1/s1. The molecule has 0 aromatic heterocycles. The summed E-state index contributed by atoms with van der Waals surface area (Å²) in [5, 5.41) is 23.9. The van der Waals surface area contributed by atoms with Gasteiger partial charge in [0.15, 0.2) is 11.6 Å². The number of carbonyl (C=O) groups excluding carboxylic acids is 2. The third-order valence-corrected chi connectivity index (χ3v) is 17.4. The van der Waals surface area contributed by atoms with E-state index in [1.165, 1.54) is 15.9 Å². The molecular weight excluding hydrogens is 711 g/mol. The minimum atomic E-state index is -2.96. The highest BCUT2D eigenvalue weighted by Crippen LogP contribution is 2.51. The predicted octanol–water partition coefficient (Wildman–Crippen LogP) is 9.06. The lowest BCUT2D eigenvalue weighted by Crippen LogP contribution is -2.66. The van der Waals surface area contributed by atoms with Gasteiger partial charge < -0.3 is 19.2 Å². The van der Waals surface area contributed by atoms with Crippen molar-refractivity contribution in [2.45, 2.75) is 91.1 Å². The number of hydrogen-bond acceptors (Lipinski definition) is 6. The number of hydrogen-bond donors (Lipinski definition) is 2. The topological polar surface area (TPSA) is 93.1 Å². The van der Waals surface area contributed by atoms with E-state index in [-0.39, 0.29) is 28.8 Å². The Hall–Kier alpha value is -4.34. The van der Waals surface area contributed by atoms with E-state index in [4.69, 9.17) is 9.08 Å². The molecule has 1 saturated heterocycles. The summed E-state index contributed by atoms with van der Waals surface area (Å²) in [5.41, 5.74) is 7.02. The monoisotopic (exact) mass is 766 g/mol. The Bertz CT molecular complexity index is 2090. The molecule has 6 nitrogen and oxygen atoms in total. The molecule has 4 atom stereocenters. The lowest BCUT2D eigenvalue weighted by molar-refractivity contribution is 0.0591. The average molecular weight is 767 g/mol. The van der Waals surface area contributed by atoms with Gasteiger partial charge in [-0.1, -0.05) is 131 Å². The first-order chi connectivity index (χ1) is 26.8. The molecule has 2 N–H and O–H groups in total. The summed E-state index contributed by atoms with van der Waals surface area (Å²) in [5.74, 6) is -1.16. The van der Waals surface area contributed by atoms with E-state index in [1.54, 1.807) is 12.1 Å². The minimum absolute atomic E-state index is 0.00243. The molecular formula is C48H55BO6Si. The molecule has 0 bridgehead atoms. The van der Waals surface area contributed by atoms with Crippen LogP contribution in [0.25, 0.3) is 6.08 Å². The van der Waals surface area contributed by atoms with Crippen LogP contribution in [0.1, 0.15) is 97.2 Å². The Morgan fingerprint density at radius 3 is 2.00 bits per heavy atom. The van der Waals surface area contributed by atoms with Gasteiger partial charge in [-0.2, -0.15) is 0 Å². The van der Waals surface area contributed by atoms with E-state index >= 15 is 0 Å². The van der Waals surface area contributed by atoms with Crippen LogP contribution in [0.3, 0.4) is 0 Å². The Morgan fingerprint density at radius 1 is 0.857 bits per heavy atom. The van der Waals surface area contributed by atoms with Crippen molar-refractivity contribution in [2.24, 2.45) is 17.8 Å². The van der Waals surface area contributed by atoms with Crippen LogP contribution in [-0.4, -0.2) is 49.8 Å². The van der Waals surface area contributed by atoms with Gasteiger partial charge in [0.05, 0.1) is 12.7 Å². The van der Waals surface area contributed by atoms with Crippen LogP contribution in [0.4, 0.5) is 0 Å². The van der Waals surface area contributed by atoms with Gasteiger partial charge >= 0.3 is 7.12 Å². The van der Waals surface area contributed by atoms with E-state index in [0.717, 1.165) is 47.1 Å². The molecule has 0 radical (unpaired) electrons. The second-order valence-corrected chi connectivity index (χ2v) is 21.4. The highest BCUT2D eigenvalue weighted by Gasteiger charge is 2.55. The Kier molecular flexibility index (Phi) is 11.6. The van der Waals surface area contributed by atoms with Gasteiger partial charge in [-0.25, -0.2) is 0 Å². The van der Waals surface area contributed by atoms with Crippen molar-refractivity contribution in [1.29, 1.82) is 0 Å². The molecule has 8 heteroatoms. The van der Waals surface area contributed by atoms with Gasteiger partial charge in [-0.3, -0.25) is 9.59 Å². The molecule has 0 saturated carbocycles. The molecule has 0 amide bonds. The Morgan fingerprint density at radius 2 is 1.43 bits per heavy atom. The Labute approximate surface area is 334 Å². The zero-order chi connectivity index (χ0) is 39.8. The maximum Gasteiger partial charge on any atom is 0.455 e. The molecule has 1 aliphatic heterocycles. The second-order valence-electron chi connectivity index (χ2n) is 17.1. The van der Waals surface area contributed by atoms with E-state index in [0.29, 0.717) is 36.3 Å². The first-order valence-corrected chi connectivity index (χ1v) is 22.2. The number of fused-ring (bicyclic) bond motifs is 4. The highest BCUT2D eigenvalue weighted by molar-refractivity contribution is 6.99. The first kappa shape index (κ1) is 39.9. The average Bonchev–Trinajstić information content (AvgIpc) is 3.18. The van der Waals surface area contributed by atoms with Crippen molar-refractivity contribution in [1.82, 2.24) is 0 Å². The fourth-order valence-electron chi connectivity index (χ4n) is 9.97. The van der Waals surface area contributed by atoms with Gasteiger partial charge in [0.25, 0.3) is 8.32 Å². The van der Waals surface area contributed by atoms with Gasteiger partial charge in [-0.05, 0) is 107 Å². The lowest BCUT2D eigenvalue weighted by Gasteiger charge is -2.48. The summed E-state index contributed by atoms with van der Waals surface area (Å²) >= 11 is 0. The maximum absolute atomic E-state index is 14.5. The molecule has 4 aromatic carbocycles. The van der Waals surface area contributed by atoms with Crippen molar-refractivity contribution in [3.05, 3.63) is 142 Å². The number of aryl methyl sites for hydroxylation is 2. The molecule has 0 unspecified atom stereocenters. The van der Waals surface area contributed by atoms with Gasteiger partial charge in [-0.15, -0.1) is 0 Å². The quantitative estimate of drug-likeness (QED) is 0.117. The van der Waals surface area contributed by atoms with Crippen molar-refractivity contribution in [3.8, 4) is 5.75 Å². The molecule has 56 heavy (non-hydrogen) atoms. The van der Waals surface area contributed by atoms with Crippen molar-refractivity contribution >= 4 is 43.5 Å². The molecule has 1 fully saturated rings. The molecule has 4 aromatic rings. The van der Waals surface area contributed by atoms with Gasteiger partial charge in [0, 0.05) is 23.0 Å². The molecule has 290 valence electrons. The van der Waals surface area contributed by atoms with Crippen molar-refractivity contribution in [3.63, 3.8) is 0 Å². The molecule has 0 spiro atoms. The number of allylic oxidation sites excluding steroid dienone is 1. The summed E-state index contributed by atoms with van der Waals surface area (Å²) in [7, 11) is -4.03. The zero-order valence-electron chi connectivity index (χ0n) is 33.7. The van der Waals surface area contributed by atoms with Gasteiger partial charge in [0.2, 0.25) is 0 Å². The van der Waals surface area contributed by atoms with Crippen LogP contribution in [-0.2, 0) is 9.08 Å². The smallest absolute Gasteiger partial charge is 0.455 e. The number of benzene rings is 4. The third-order valence-electron chi connectivity index (χ3n) is 12.4. The first-order valence-electron chi connectivity index (χ1n) is 20.3. The van der Waals surface area contributed by atoms with Crippen LogP contribution in [0.15, 0.2) is 114 Å². The summed E-state index contributed by atoms with van der Waals surface area (Å²) in [6.45, 7) is 13.1. The number of aromatic hydroxyl groups is 1. The maximum atomic E-state index is 14.5. The molecule has 1 heterocycles. The number of carbonyl (C=O) groups is 2. The third kappa shape index (κ3) is 7.45. The van der Waals surface area contributed by atoms with E-state index in [1.807, 2.05) is 50.2 Å². The van der Waals surface area contributed by atoms with E-state index in [9.17, 15) is 19.7 Å². The van der Waals surface area contributed by atoms with Crippen LogP contribution in [0, 0.1) is 31.6 Å². The fraction of sp³-hybridized carbons (Fsp3) is 0.375. The Balaban J connectivity index is 1.33. The fourth-order valence-corrected chi connectivity index (χ4v) is 14.5. The normalized spacial score (nSPS) is 21.5. The minimum Gasteiger partial charge on any atom is -0.507 e. The summed E-state index contributed by atoms with van der Waals surface area (Å²) < 4.78 is 14.0. The highest BCUT2D eigenvalue weighted by atomic mass is 28.4. The SMILES string of the molecule is CCC/C(=C\c1cc(C)c(O)c(C)c1)CC[C@H]1OB(O)C[C@H]2C1=C(CO[Si](c1ccccc1)(c1ccccc1)C(C)(C)C)C[C@H]1C(=O)c3ccccc3C(=O)[C@H]12. The van der Waals surface area contributed by atoms with E-state index in [2.05, 4.69) is 82.3 Å². The number of ketones is 2. The summed E-state index contributed by atoms with van der Waals surface area (Å²) in [6.07, 6.45) is 5.64. The van der Waals surface area contributed by atoms with Crippen molar-refractivity contribution < 1.29 is 28.8 Å². The van der Waals surface area contributed by atoms with Gasteiger partial charge in [0.1, 0.15) is 5.75 Å². The second kappa shape index (κ2) is 16.3.